The normalized spacial score (nSPS) is 8.93. The molecule has 4 heteroatoms. The molecule has 14 heavy (non-hydrogen) atoms. The molecule has 3 nitrogen and oxygen atoms in total. The third-order valence-corrected chi connectivity index (χ3v) is 2.17. The van der Waals surface area contributed by atoms with Gasteiger partial charge < -0.3 is 10.1 Å². The fourth-order valence-corrected chi connectivity index (χ4v) is 1.11. The van der Waals surface area contributed by atoms with Crippen LogP contribution >= 0.6 is 0 Å². The van der Waals surface area contributed by atoms with Crippen LogP contribution in [0.5, 0.6) is 0 Å². The molecule has 0 spiro atoms. The maximum absolute atomic E-state index is 11.1. The molecule has 0 saturated carbocycles. The van der Waals surface area contributed by atoms with Gasteiger partial charge in [-0.3, -0.25) is 4.79 Å². The molecule has 0 aromatic carbocycles. The summed E-state index contributed by atoms with van der Waals surface area (Å²) in [6, 6.07) is 0. The quantitative estimate of drug-likeness (QED) is 0.477. The number of carbonyl (C=O) groups excluding carboxylic acids is 2. The largest absolute Gasteiger partial charge is 0.520 e. The van der Waals surface area contributed by atoms with E-state index in [1.807, 2.05) is 27.7 Å². The minimum atomic E-state index is -0.679. The summed E-state index contributed by atoms with van der Waals surface area (Å²) in [4.78, 5) is 21.1. The molecule has 1 N–H and O–H groups in total. The van der Waals surface area contributed by atoms with Crippen molar-refractivity contribution in [3.63, 3.8) is 0 Å². The molecule has 0 atom stereocenters. The van der Waals surface area contributed by atoms with E-state index in [1.54, 1.807) is 6.41 Å². The molecule has 0 rings (SSSR count). The Balaban J connectivity index is -0.000000376. The van der Waals surface area contributed by atoms with Crippen LogP contribution in [0.1, 0.15) is 47.5 Å². The van der Waals surface area contributed by atoms with Crippen molar-refractivity contribution < 1.29 is 29.1 Å². The Labute approximate surface area is 99.8 Å². The minimum absolute atomic E-state index is 0. The Hall–Kier alpha value is -0.237. The van der Waals surface area contributed by atoms with E-state index in [1.165, 1.54) is 6.92 Å². The summed E-state index contributed by atoms with van der Waals surface area (Å²) < 4.78 is 0. The standard InChI is InChI=1S/C8H14NO2.C2H6.Rh/c1-4-8(5-2,7(3)11)9-6-10;1-2;/h4-5H2,1-3H3,(H,9,10);1-2H3;/q-1;;. The second-order valence-corrected chi connectivity index (χ2v) is 2.57. The van der Waals surface area contributed by atoms with E-state index in [2.05, 4.69) is 5.32 Å². The number of ketones is 1. The average molecular weight is 289 g/mol. The van der Waals surface area contributed by atoms with Crippen molar-refractivity contribution in [1.29, 1.82) is 0 Å². The van der Waals surface area contributed by atoms with E-state index < -0.39 is 5.54 Å². The molecule has 1 radical (unpaired) electrons. The van der Waals surface area contributed by atoms with Gasteiger partial charge in [0.2, 0.25) is 0 Å². The molecule has 0 heterocycles. The Morgan fingerprint density at radius 1 is 1.29 bits per heavy atom. The zero-order chi connectivity index (χ0) is 10.9. The molecule has 0 aliphatic rings. The van der Waals surface area contributed by atoms with E-state index >= 15 is 0 Å². The maximum Gasteiger partial charge on any atom is 0.152 e. The molecule has 0 fully saturated rings. The van der Waals surface area contributed by atoms with Crippen LogP contribution in [0.15, 0.2) is 0 Å². The number of rotatable bonds is 5. The summed E-state index contributed by atoms with van der Waals surface area (Å²) in [7, 11) is 0. The molecular weight excluding hydrogens is 269 g/mol. The molecule has 0 aromatic rings. The van der Waals surface area contributed by atoms with Crippen molar-refractivity contribution in [2.45, 2.75) is 53.0 Å². The van der Waals surface area contributed by atoms with Crippen LogP contribution in [0.25, 0.3) is 0 Å². The molecule has 0 bridgehead atoms. The first-order valence-electron chi connectivity index (χ1n) is 4.78. The van der Waals surface area contributed by atoms with Crippen LogP contribution in [0.4, 0.5) is 0 Å². The first kappa shape index (κ1) is 19.4. The Bertz CT molecular complexity index is 156. The Kier molecular flexibility index (Phi) is 15.0. The third kappa shape index (κ3) is 5.48. The SMILES string of the molecule is CC.CCC(CC)(N[C-]=O)C(C)=O.[Rh]. The van der Waals surface area contributed by atoms with Crippen LogP contribution in [0.3, 0.4) is 0 Å². The van der Waals surface area contributed by atoms with Gasteiger partial charge in [0.1, 0.15) is 0 Å². The van der Waals surface area contributed by atoms with E-state index in [9.17, 15) is 9.59 Å². The van der Waals surface area contributed by atoms with Gasteiger partial charge in [0.05, 0.1) is 5.54 Å². The van der Waals surface area contributed by atoms with E-state index in [-0.39, 0.29) is 25.3 Å². The van der Waals surface area contributed by atoms with Crippen molar-refractivity contribution in [1.82, 2.24) is 5.32 Å². The van der Waals surface area contributed by atoms with Gasteiger partial charge in [0.15, 0.2) is 5.78 Å². The molecule has 0 aromatic heterocycles. The molecular formula is C10H20NO2Rh-. The van der Waals surface area contributed by atoms with Crippen LogP contribution in [-0.2, 0) is 29.1 Å². The van der Waals surface area contributed by atoms with Crippen LogP contribution in [-0.4, -0.2) is 17.7 Å². The molecule has 0 saturated heterocycles. The van der Waals surface area contributed by atoms with Crippen LogP contribution in [0.2, 0.25) is 0 Å². The third-order valence-electron chi connectivity index (χ3n) is 2.17. The second kappa shape index (κ2) is 10.8. The fraction of sp³-hybridized carbons (Fsp3) is 0.800. The topological polar surface area (TPSA) is 46.2 Å². The summed E-state index contributed by atoms with van der Waals surface area (Å²) in [5, 5.41) is 2.44. The molecule has 1 amide bonds. The number of amides is 1. The Morgan fingerprint density at radius 3 is 1.71 bits per heavy atom. The predicted octanol–water partition coefficient (Wildman–Crippen LogP) is 1.81. The number of hydrogen-bond donors (Lipinski definition) is 1. The van der Waals surface area contributed by atoms with E-state index in [0.717, 1.165) is 0 Å². The van der Waals surface area contributed by atoms with E-state index in [4.69, 9.17) is 0 Å². The average Bonchev–Trinajstić information content (AvgIpc) is 2.17. The van der Waals surface area contributed by atoms with Crippen molar-refractivity contribution in [2.24, 2.45) is 0 Å². The van der Waals surface area contributed by atoms with Gasteiger partial charge in [-0.1, -0.05) is 27.7 Å². The van der Waals surface area contributed by atoms with Crippen molar-refractivity contribution >= 4 is 12.2 Å². The van der Waals surface area contributed by atoms with Crippen molar-refractivity contribution in [2.75, 3.05) is 0 Å². The van der Waals surface area contributed by atoms with Gasteiger partial charge in [0, 0.05) is 19.5 Å². The molecule has 87 valence electrons. The first-order chi connectivity index (χ1) is 6.13. The number of nitrogens with one attached hydrogen (secondary N) is 1. The maximum atomic E-state index is 11.1. The summed E-state index contributed by atoms with van der Waals surface area (Å²) in [5.41, 5.74) is -0.679. The molecule has 0 aliphatic heterocycles. The van der Waals surface area contributed by atoms with Crippen molar-refractivity contribution in [3.05, 3.63) is 0 Å². The zero-order valence-corrected chi connectivity index (χ0v) is 11.2. The van der Waals surface area contributed by atoms with Crippen LogP contribution in [0, 0.1) is 0 Å². The molecule has 0 unspecified atom stereocenters. The van der Waals surface area contributed by atoms with Gasteiger partial charge in [-0.15, -0.1) is 0 Å². The van der Waals surface area contributed by atoms with Crippen LogP contribution < -0.4 is 5.32 Å². The van der Waals surface area contributed by atoms with Crippen molar-refractivity contribution in [3.8, 4) is 0 Å². The second-order valence-electron chi connectivity index (χ2n) is 2.57. The van der Waals surface area contributed by atoms with Gasteiger partial charge in [0.25, 0.3) is 0 Å². The first-order valence-corrected chi connectivity index (χ1v) is 4.78. The Morgan fingerprint density at radius 2 is 1.64 bits per heavy atom. The summed E-state index contributed by atoms with van der Waals surface area (Å²) in [6.45, 7) is 9.22. The van der Waals surface area contributed by atoms with Gasteiger partial charge in [-0.25, -0.2) is 0 Å². The summed E-state index contributed by atoms with van der Waals surface area (Å²) in [6.07, 6.45) is 2.81. The monoisotopic (exact) mass is 289 g/mol. The summed E-state index contributed by atoms with van der Waals surface area (Å²) in [5.74, 6) is -0.00847. The summed E-state index contributed by atoms with van der Waals surface area (Å²) >= 11 is 0. The molecule has 0 aliphatic carbocycles. The van der Waals surface area contributed by atoms with Gasteiger partial charge in [-0.2, -0.15) is 6.41 Å². The van der Waals surface area contributed by atoms with Gasteiger partial charge >= 0.3 is 0 Å². The number of hydrogen-bond acceptors (Lipinski definition) is 2. The van der Waals surface area contributed by atoms with Gasteiger partial charge in [-0.05, 0) is 19.8 Å². The van der Waals surface area contributed by atoms with E-state index in [0.29, 0.717) is 12.8 Å². The minimum Gasteiger partial charge on any atom is -0.520 e. The zero-order valence-electron chi connectivity index (χ0n) is 9.56. The number of carbonyl (C=O) groups is 1. The number of Topliss-reactive ketones (excluding diaryl/α,β-unsaturated/α-hetero) is 1. The fourth-order valence-electron chi connectivity index (χ4n) is 1.11. The smallest absolute Gasteiger partial charge is 0.152 e. The predicted molar refractivity (Wildman–Crippen MR) is 54.2 cm³/mol.